The Morgan fingerprint density at radius 3 is 2.74 bits per heavy atom. The van der Waals surface area contributed by atoms with E-state index >= 15 is 0 Å². The summed E-state index contributed by atoms with van der Waals surface area (Å²) in [6.45, 7) is 4.16. The molecule has 2 heterocycles. The van der Waals surface area contributed by atoms with Crippen molar-refractivity contribution >= 4 is 17.4 Å². The minimum atomic E-state index is -0.418. The number of hydrogen-bond acceptors (Lipinski definition) is 3. The van der Waals surface area contributed by atoms with E-state index < -0.39 is 5.54 Å². The minimum absolute atomic E-state index is 0.116. The zero-order valence-electron chi connectivity index (χ0n) is 11.9. The van der Waals surface area contributed by atoms with E-state index in [1.165, 1.54) is 6.42 Å². The summed E-state index contributed by atoms with van der Waals surface area (Å²) in [5.41, 5.74) is 1.30. The largest absolute Gasteiger partial charge is 0.354 e. The fourth-order valence-electron chi connectivity index (χ4n) is 3.40. The molecule has 1 aromatic rings. The van der Waals surface area contributed by atoms with Gasteiger partial charge in [-0.25, -0.2) is 0 Å². The molecular weight excluding hydrogens is 240 g/mol. The van der Waals surface area contributed by atoms with Gasteiger partial charge in [-0.1, -0.05) is 13.3 Å². The lowest BCUT2D eigenvalue weighted by atomic mass is 9.74. The Bertz CT molecular complexity index is 512. The van der Waals surface area contributed by atoms with Gasteiger partial charge in [0.05, 0.1) is 5.69 Å². The number of hydrogen-bond donors (Lipinski definition) is 2. The monoisotopic (exact) mass is 262 g/mol. The molecule has 2 N–H and O–H groups in total. The summed E-state index contributed by atoms with van der Waals surface area (Å²) in [7, 11) is 1.92. The Kier molecular flexibility index (Phi) is 2.80. The molecule has 0 atom stereocenters. The summed E-state index contributed by atoms with van der Waals surface area (Å²) in [6.07, 6.45) is 5.31. The van der Waals surface area contributed by atoms with Crippen LogP contribution in [-0.2, 0) is 11.8 Å². The van der Waals surface area contributed by atoms with Crippen molar-refractivity contribution < 1.29 is 4.79 Å². The Hall–Kier alpha value is -1.52. The summed E-state index contributed by atoms with van der Waals surface area (Å²) in [6, 6.07) is 0. The van der Waals surface area contributed by atoms with E-state index in [0.717, 1.165) is 48.8 Å². The van der Waals surface area contributed by atoms with E-state index in [2.05, 4.69) is 22.7 Å². The quantitative estimate of drug-likeness (QED) is 0.817. The molecular formula is C14H22N4O. The van der Waals surface area contributed by atoms with Crippen molar-refractivity contribution in [3.05, 3.63) is 5.69 Å². The highest BCUT2D eigenvalue weighted by molar-refractivity contribution is 6.06. The zero-order chi connectivity index (χ0) is 13.6. The van der Waals surface area contributed by atoms with Crippen LogP contribution in [0.1, 0.15) is 44.7 Å². The molecule has 5 heteroatoms. The van der Waals surface area contributed by atoms with Crippen molar-refractivity contribution in [2.75, 3.05) is 10.6 Å². The summed E-state index contributed by atoms with van der Waals surface area (Å²) in [5, 5.41) is 10.9. The number of carbonyl (C=O) groups excluding carboxylic acids is 1. The molecule has 104 valence electrons. The highest BCUT2D eigenvalue weighted by Gasteiger charge is 2.45. The number of carbonyl (C=O) groups is 1. The topological polar surface area (TPSA) is 59.0 Å². The van der Waals surface area contributed by atoms with Crippen LogP contribution in [0.15, 0.2) is 0 Å². The molecule has 1 aromatic heterocycles. The molecule has 0 aromatic carbocycles. The fraction of sp³-hybridized carbons (Fsp3) is 0.714. The van der Waals surface area contributed by atoms with Gasteiger partial charge in [-0.2, -0.15) is 5.10 Å². The summed E-state index contributed by atoms with van der Waals surface area (Å²) >= 11 is 0. The smallest absolute Gasteiger partial charge is 0.250 e. The number of anilines is 2. The van der Waals surface area contributed by atoms with Crippen LogP contribution < -0.4 is 10.6 Å². The van der Waals surface area contributed by atoms with Gasteiger partial charge in [-0.15, -0.1) is 0 Å². The number of amides is 1. The van der Waals surface area contributed by atoms with Crippen LogP contribution in [0.2, 0.25) is 0 Å². The lowest BCUT2D eigenvalue weighted by Crippen LogP contribution is -2.54. The Labute approximate surface area is 113 Å². The number of aromatic nitrogens is 2. The first kappa shape index (κ1) is 12.5. The SMILES string of the molecule is CCC1CCC2(CC1)Nc1c(c(C)nn1C)NC2=O. The molecule has 1 fully saturated rings. The third-order valence-electron chi connectivity index (χ3n) is 4.79. The van der Waals surface area contributed by atoms with Gasteiger partial charge in [0.25, 0.3) is 0 Å². The Balaban J connectivity index is 1.90. The fourth-order valence-corrected chi connectivity index (χ4v) is 3.40. The first-order valence-corrected chi connectivity index (χ1v) is 7.19. The molecule has 1 aliphatic carbocycles. The van der Waals surface area contributed by atoms with E-state index in [4.69, 9.17) is 0 Å². The second-order valence-corrected chi connectivity index (χ2v) is 5.95. The average molecular weight is 262 g/mol. The molecule has 1 aliphatic heterocycles. The maximum absolute atomic E-state index is 12.5. The predicted octanol–water partition coefficient (Wildman–Crippen LogP) is 2.43. The van der Waals surface area contributed by atoms with Crippen molar-refractivity contribution in [3.8, 4) is 0 Å². The number of aryl methyl sites for hydroxylation is 2. The van der Waals surface area contributed by atoms with Crippen LogP contribution >= 0.6 is 0 Å². The van der Waals surface area contributed by atoms with E-state index in [1.54, 1.807) is 0 Å². The summed E-state index contributed by atoms with van der Waals surface area (Å²) < 4.78 is 1.83. The molecule has 0 unspecified atom stereocenters. The maximum atomic E-state index is 12.5. The molecule has 0 saturated heterocycles. The first-order valence-electron chi connectivity index (χ1n) is 7.19. The predicted molar refractivity (Wildman–Crippen MR) is 75.2 cm³/mol. The van der Waals surface area contributed by atoms with Gasteiger partial charge >= 0.3 is 0 Å². The van der Waals surface area contributed by atoms with Crippen molar-refractivity contribution in [2.45, 2.75) is 51.5 Å². The van der Waals surface area contributed by atoms with Crippen LogP contribution in [0.25, 0.3) is 0 Å². The lowest BCUT2D eigenvalue weighted by molar-refractivity contribution is -0.121. The lowest BCUT2D eigenvalue weighted by Gasteiger charge is -2.42. The average Bonchev–Trinajstić information content (AvgIpc) is 2.67. The molecule has 5 nitrogen and oxygen atoms in total. The van der Waals surface area contributed by atoms with Gasteiger partial charge in [-0.3, -0.25) is 9.48 Å². The maximum Gasteiger partial charge on any atom is 0.250 e. The Morgan fingerprint density at radius 2 is 2.11 bits per heavy atom. The molecule has 2 aliphatic rings. The van der Waals surface area contributed by atoms with Crippen LogP contribution in [0, 0.1) is 12.8 Å². The number of nitrogens with one attached hydrogen (secondary N) is 2. The number of fused-ring (bicyclic) bond motifs is 1. The van der Waals surface area contributed by atoms with Gasteiger partial charge in [0, 0.05) is 7.05 Å². The molecule has 0 bridgehead atoms. The van der Waals surface area contributed by atoms with E-state index in [1.807, 2.05) is 18.7 Å². The van der Waals surface area contributed by atoms with Crippen molar-refractivity contribution in [1.29, 1.82) is 0 Å². The minimum Gasteiger partial charge on any atom is -0.354 e. The first-order chi connectivity index (χ1) is 9.05. The van der Waals surface area contributed by atoms with Gasteiger partial charge in [0.2, 0.25) is 5.91 Å². The molecule has 1 saturated carbocycles. The normalized spacial score (nSPS) is 29.8. The van der Waals surface area contributed by atoms with E-state index in [9.17, 15) is 4.79 Å². The van der Waals surface area contributed by atoms with Gasteiger partial charge in [0.15, 0.2) is 0 Å². The highest BCUT2D eigenvalue weighted by Crippen LogP contribution is 2.42. The van der Waals surface area contributed by atoms with Crippen LogP contribution in [0.5, 0.6) is 0 Å². The second kappa shape index (κ2) is 4.25. The van der Waals surface area contributed by atoms with Gasteiger partial charge < -0.3 is 10.6 Å². The molecule has 19 heavy (non-hydrogen) atoms. The van der Waals surface area contributed by atoms with Crippen LogP contribution in [0.4, 0.5) is 11.5 Å². The van der Waals surface area contributed by atoms with Crippen LogP contribution in [-0.4, -0.2) is 21.2 Å². The van der Waals surface area contributed by atoms with Crippen molar-refractivity contribution in [3.63, 3.8) is 0 Å². The number of rotatable bonds is 1. The van der Waals surface area contributed by atoms with Gasteiger partial charge in [0.1, 0.15) is 17.0 Å². The van der Waals surface area contributed by atoms with E-state index in [0.29, 0.717) is 0 Å². The highest BCUT2D eigenvalue weighted by atomic mass is 16.2. The number of nitrogens with zero attached hydrogens (tertiary/aromatic N) is 2. The third kappa shape index (κ3) is 1.83. The van der Waals surface area contributed by atoms with E-state index in [-0.39, 0.29) is 5.91 Å². The standard InChI is InChI=1S/C14H22N4O/c1-4-10-5-7-14(8-6-10)13(19)15-11-9(2)17-18(3)12(11)16-14/h10,16H,4-8H2,1-3H3,(H,15,19). The summed E-state index contributed by atoms with van der Waals surface area (Å²) in [4.78, 5) is 12.5. The summed E-state index contributed by atoms with van der Waals surface area (Å²) in [5.74, 6) is 1.84. The molecule has 1 amide bonds. The Morgan fingerprint density at radius 1 is 1.42 bits per heavy atom. The molecule has 1 spiro atoms. The second-order valence-electron chi connectivity index (χ2n) is 5.95. The molecule has 0 radical (unpaired) electrons. The zero-order valence-corrected chi connectivity index (χ0v) is 11.9. The van der Waals surface area contributed by atoms with Crippen molar-refractivity contribution in [2.24, 2.45) is 13.0 Å². The van der Waals surface area contributed by atoms with Gasteiger partial charge in [-0.05, 0) is 38.5 Å². The van der Waals surface area contributed by atoms with Crippen molar-refractivity contribution in [1.82, 2.24) is 9.78 Å². The third-order valence-corrected chi connectivity index (χ3v) is 4.79. The molecule has 3 rings (SSSR count). The van der Waals surface area contributed by atoms with Crippen LogP contribution in [0.3, 0.4) is 0 Å².